The Morgan fingerprint density at radius 3 is 2.59 bits per heavy atom. The van der Waals surface area contributed by atoms with E-state index >= 15 is 0 Å². The molecule has 1 N–H and O–H groups in total. The molecule has 0 radical (unpaired) electrons. The van der Waals surface area contributed by atoms with Gasteiger partial charge in [-0.1, -0.05) is 37.6 Å². The highest BCUT2D eigenvalue weighted by molar-refractivity contribution is 5.79. The van der Waals surface area contributed by atoms with Gasteiger partial charge in [-0.25, -0.2) is 0 Å². The van der Waals surface area contributed by atoms with Crippen LogP contribution >= 0.6 is 0 Å². The first-order chi connectivity index (χ1) is 8.29. The molecule has 1 aromatic rings. The minimum Gasteiger partial charge on any atom is -0.356 e. The van der Waals surface area contributed by atoms with E-state index in [1.807, 2.05) is 0 Å². The van der Waals surface area contributed by atoms with Crippen molar-refractivity contribution in [2.45, 2.75) is 39.0 Å². The van der Waals surface area contributed by atoms with Gasteiger partial charge >= 0.3 is 0 Å². The molecule has 1 heterocycles. The fraction of sp³-hybridized carbons (Fsp3) is 0.533. The highest BCUT2D eigenvalue weighted by Gasteiger charge is 2.20. The van der Waals surface area contributed by atoms with E-state index in [0.717, 1.165) is 38.6 Å². The van der Waals surface area contributed by atoms with Crippen LogP contribution in [0.4, 0.5) is 0 Å². The second-order valence-corrected chi connectivity index (χ2v) is 4.86. The lowest BCUT2D eigenvalue weighted by molar-refractivity contribution is -0.124. The molecule has 1 aromatic carbocycles. The molecular weight excluding hydrogens is 210 g/mol. The summed E-state index contributed by atoms with van der Waals surface area (Å²) >= 11 is 0. The van der Waals surface area contributed by atoms with Crippen LogP contribution in [0.5, 0.6) is 0 Å². The lowest BCUT2D eigenvalue weighted by Crippen LogP contribution is -2.30. The summed E-state index contributed by atoms with van der Waals surface area (Å²) in [4.78, 5) is 11.8. The van der Waals surface area contributed by atoms with Gasteiger partial charge in [0.15, 0.2) is 0 Å². The van der Waals surface area contributed by atoms with Gasteiger partial charge in [-0.2, -0.15) is 0 Å². The number of benzene rings is 1. The maximum absolute atomic E-state index is 11.8. The molecule has 1 aliphatic rings. The Morgan fingerprint density at radius 1 is 1.18 bits per heavy atom. The number of carbonyl (C=O) groups excluding carboxylic acids is 1. The Labute approximate surface area is 103 Å². The molecule has 2 heteroatoms. The van der Waals surface area contributed by atoms with Crippen molar-refractivity contribution in [3.8, 4) is 0 Å². The average Bonchev–Trinajstić information content (AvgIpc) is 2.56. The van der Waals surface area contributed by atoms with Crippen LogP contribution in [-0.4, -0.2) is 12.5 Å². The minimum absolute atomic E-state index is 0.171. The van der Waals surface area contributed by atoms with Gasteiger partial charge in [0, 0.05) is 12.5 Å². The normalized spacial score (nSPS) is 20.8. The second-order valence-electron chi connectivity index (χ2n) is 4.86. The first kappa shape index (κ1) is 12.2. The van der Waals surface area contributed by atoms with Gasteiger partial charge in [0.1, 0.15) is 0 Å². The first-order valence-corrected chi connectivity index (χ1v) is 6.65. The van der Waals surface area contributed by atoms with Crippen LogP contribution in [0.3, 0.4) is 0 Å². The predicted octanol–water partition coefficient (Wildman–Crippen LogP) is 2.71. The van der Waals surface area contributed by atoms with Crippen LogP contribution in [-0.2, 0) is 17.6 Å². The monoisotopic (exact) mass is 231 g/mol. The zero-order chi connectivity index (χ0) is 12.1. The van der Waals surface area contributed by atoms with Crippen LogP contribution < -0.4 is 5.32 Å². The summed E-state index contributed by atoms with van der Waals surface area (Å²) in [6.07, 6.45) is 5.27. The predicted molar refractivity (Wildman–Crippen MR) is 69.9 cm³/mol. The molecule has 0 saturated carbocycles. The third-order valence-electron chi connectivity index (χ3n) is 3.56. The molecule has 17 heavy (non-hydrogen) atoms. The van der Waals surface area contributed by atoms with Crippen molar-refractivity contribution in [3.63, 3.8) is 0 Å². The van der Waals surface area contributed by atoms with E-state index in [9.17, 15) is 4.79 Å². The topological polar surface area (TPSA) is 29.1 Å². The molecule has 92 valence electrons. The summed E-state index contributed by atoms with van der Waals surface area (Å²) < 4.78 is 0. The van der Waals surface area contributed by atoms with E-state index in [2.05, 4.69) is 36.5 Å². The SMILES string of the molecule is CCc1ccc(CC2CCCCNC2=O)cc1. The van der Waals surface area contributed by atoms with Gasteiger partial charge in [0.25, 0.3) is 0 Å². The molecule has 1 saturated heterocycles. The third kappa shape index (κ3) is 3.32. The highest BCUT2D eigenvalue weighted by atomic mass is 16.1. The quantitative estimate of drug-likeness (QED) is 0.851. The molecule has 1 atom stereocenters. The zero-order valence-electron chi connectivity index (χ0n) is 10.5. The van der Waals surface area contributed by atoms with Crippen molar-refractivity contribution in [1.29, 1.82) is 0 Å². The third-order valence-corrected chi connectivity index (χ3v) is 3.56. The first-order valence-electron chi connectivity index (χ1n) is 6.65. The Balaban J connectivity index is 2.00. The van der Waals surface area contributed by atoms with Crippen LogP contribution in [0.25, 0.3) is 0 Å². The maximum Gasteiger partial charge on any atom is 0.223 e. The summed E-state index contributed by atoms with van der Waals surface area (Å²) in [5.41, 5.74) is 2.64. The van der Waals surface area contributed by atoms with Crippen LogP contribution in [0, 0.1) is 5.92 Å². The largest absolute Gasteiger partial charge is 0.356 e. The number of hydrogen-bond acceptors (Lipinski definition) is 1. The number of aryl methyl sites for hydroxylation is 1. The van der Waals surface area contributed by atoms with Gasteiger partial charge in [0.05, 0.1) is 0 Å². The van der Waals surface area contributed by atoms with E-state index in [0.29, 0.717) is 0 Å². The van der Waals surface area contributed by atoms with E-state index < -0.39 is 0 Å². The van der Waals surface area contributed by atoms with E-state index in [4.69, 9.17) is 0 Å². The van der Waals surface area contributed by atoms with Crippen molar-refractivity contribution >= 4 is 5.91 Å². The molecule has 2 rings (SSSR count). The van der Waals surface area contributed by atoms with Crippen molar-refractivity contribution in [2.75, 3.05) is 6.54 Å². The molecule has 1 amide bonds. The lowest BCUT2D eigenvalue weighted by Gasteiger charge is -2.13. The molecule has 2 nitrogen and oxygen atoms in total. The zero-order valence-corrected chi connectivity index (χ0v) is 10.5. The second kappa shape index (κ2) is 5.85. The Bertz CT molecular complexity index is 369. The number of carbonyl (C=O) groups is 1. The van der Waals surface area contributed by atoms with E-state index in [1.54, 1.807) is 0 Å². The van der Waals surface area contributed by atoms with Crippen molar-refractivity contribution < 1.29 is 4.79 Å². The minimum atomic E-state index is 0.171. The molecule has 0 aromatic heterocycles. The Hall–Kier alpha value is -1.31. The van der Waals surface area contributed by atoms with Crippen LogP contribution in [0.15, 0.2) is 24.3 Å². The molecule has 0 bridgehead atoms. The number of nitrogens with one attached hydrogen (secondary N) is 1. The average molecular weight is 231 g/mol. The van der Waals surface area contributed by atoms with E-state index in [-0.39, 0.29) is 11.8 Å². The Morgan fingerprint density at radius 2 is 1.88 bits per heavy atom. The van der Waals surface area contributed by atoms with Crippen LogP contribution in [0.1, 0.15) is 37.3 Å². The van der Waals surface area contributed by atoms with Crippen molar-refractivity contribution in [2.24, 2.45) is 5.92 Å². The van der Waals surface area contributed by atoms with Gasteiger partial charge in [-0.3, -0.25) is 4.79 Å². The highest BCUT2D eigenvalue weighted by Crippen LogP contribution is 2.18. The fourth-order valence-corrected chi connectivity index (χ4v) is 2.39. The van der Waals surface area contributed by atoms with Gasteiger partial charge in [-0.05, 0) is 36.8 Å². The molecule has 1 unspecified atom stereocenters. The fourth-order valence-electron chi connectivity index (χ4n) is 2.39. The lowest BCUT2D eigenvalue weighted by atomic mass is 9.94. The molecule has 0 spiro atoms. The summed E-state index contributed by atoms with van der Waals surface area (Å²) in [5, 5.41) is 3.00. The summed E-state index contributed by atoms with van der Waals surface area (Å²) in [5.74, 6) is 0.409. The van der Waals surface area contributed by atoms with Crippen molar-refractivity contribution in [1.82, 2.24) is 5.32 Å². The maximum atomic E-state index is 11.8. The Kier molecular flexibility index (Phi) is 4.18. The van der Waals surface area contributed by atoms with Crippen molar-refractivity contribution in [3.05, 3.63) is 35.4 Å². The van der Waals surface area contributed by atoms with Crippen LogP contribution in [0.2, 0.25) is 0 Å². The smallest absolute Gasteiger partial charge is 0.223 e. The molecule has 1 aliphatic heterocycles. The van der Waals surface area contributed by atoms with E-state index in [1.165, 1.54) is 11.1 Å². The van der Waals surface area contributed by atoms with Gasteiger partial charge in [-0.15, -0.1) is 0 Å². The summed E-state index contributed by atoms with van der Waals surface area (Å²) in [6, 6.07) is 8.67. The number of rotatable bonds is 3. The molecule has 0 aliphatic carbocycles. The summed E-state index contributed by atoms with van der Waals surface area (Å²) in [7, 11) is 0. The summed E-state index contributed by atoms with van der Waals surface area (Å²) in [6.45, 7) is 3.01. The number of hydrogen-bond donors (Lipinski definition) is 1. The standard InChI is InChI=1S/C15H21NO/c1-2-12-6-8-13(9-7-12)11-14-5-3-4-10-16-15(14)17/h6-9,14H,2-5,10-11H2,1H3,(H,16,17). The molecule has 1 fully saturated rings. The van der Waals surface area contributed by atoms with Gasteiger partial charge < -0.3 is 5.32 Å². The number of amides is 1. The molecular formula is C15H21NO. The van der Waals surface area contributed by atoms with Gasteiger partial charge in [0.2, 0.25) is 5.91 Å².